The Hall–Kier alpha value is -0.970. The van der Waals surface area contributed by atoms with Crippen molar-refractivity contribution < 1.29 is 31.9 Å². The van der Waals surface area contributed by atoms with Gasteiger partial charge in [-0.3, -0.25) is 0 Å². The van der Waals surface area contributed by atoms with Crippen molar-refractivity contribution in [1.82, 2.24) is 3.53 Å². The van der Waals surface area contributed by atoms with Crippen LogP contribution in [0.1, 0.15) is 5.56 Å². The van der Waals surface area contributed by atoms with Crippen molar-refractivity contribution in [1.29, 1.82) is 0 Å². The normalized spacial score (nSPS) is 15.9. The Balaban J connectivity index is 3.41. The zero-order chi connectivity index (χ0) is 14.9. The van der Waals surface area contributed by atoms with Gasteiger partial charge in [-0.1, -0.05) is 30.3 Å². The number of halogens is 6. The van der Waals surface area contributed by atoms with Crippen molar-refractivity contribution >= 4 is 28.8 Å². The second kappa shape index (κ2) is 5.19. The Labute approximate surface area is 118 Å². The summed E-state index contributed by atoms with van der Waals surface area (Å²) in [5.41, 5.74) is -1.07. The number of nitrogens with one attached hydrogen (secondary N) is 1. The topological polar surface area (TPSA) is 49.3 Å². The SMILES string of the molecule is O=C(O)C(F)(F)C(F)(NI)C(F)(F)c1ccccc1. The number of benzene rings is 1. The molecule has 2 N–H and O–H groups in total. The van der Waals surface area contributed by atoms with Crippen molar-refractivity contribution in [2.45, 2.75) is 17.6 Å². The Morgan fingerprint density at radius 3 is 1.95 bits per heavy atom. The van der Waals surface area contributed by atoms with Crippen molar-refractivity contribution in [3.63, 3.8) is 0 Å². The summed E-state index contributed by atoms with van der Waals surface area (Å²) >= 11 is 0.728. The largest absolute Gasteiger partial charge is 0.477 e. The first-order chi connectivity index (χ1) is 8.61. The summed E-state index contributed by atoms with van der Waals surface area (Å²) in [6.07, 6.45) is 0. The van der Waals surface area contributed by atoms with E-state index in [0.717, 1.165) is 50.7 Å². The van der Waals surface area contributed by atoms with Gasteiger partial charge in [0.1, 0.15) is 0 Å². The van der Waals surface area contributed by atoms with Gasteiger partial charge in [-0.05, 0) is 0 Å². The number of carbonyl (C=O) groups is 1. The van der Waals surface area contributed by atoms with E-state index in [1.165, 1.54) is 6.07 Å². The van der Waals surface area contributed by atoms with E-state index in [1.807, 2.05) is 0 Å². The summed E-state index contributed by atoms with van der Waals surface area (Å²) in [4.78, 5) is 10.3. The van der Waals surface area contributed by atoms with E-state index in [4.69, 9.17) is 5.11 Å². The first-order valence-electron chi connectivity index (χ1n) is 4.72. The number of rotatable bonds is 5. The van der Waals surface area contributed by atoms with E-state index in [-0.39, 0.29) is 0 Å². The lowest BCUT2D eigenvalue weighted by molar-refractivity contribution is -0.257. The summed E-state index contributed by atoms with van der Waals surface area (Å²) < 4.78 is 69.3. The molecule has 3 nitrogen and oxygen atoms in total. The molecule has 0 heterocycles. The monoisotopic (exact) mass is 395 g/mol. The molecular weight excluding hydrogens is 388 g/mol. The molecule has 0 saturated heterocycles. The van der Waals surface area contributed by atoms with Crippen molar-refractivity contribution in [3.8, 4) is 0 Å². The van der Waals surface area contributed by atoms with Gasteiger partial charge < -0.3 is 5.11 Å². The average molecular weight is 395 g/mol. The second-order valence-corrected chi connectivity index (χ2v) is 4.11. The van der Waals surface area contributed by atoms with Crippen molar-refractivity contribution in [2.75, 3.05) is 0 Å². The maximum Gasteiger partial charge on any atom is 0.396 e. The molecule has 106 valence electrons. The van der Waals surface area contributed by atoms with Crippen LogP contribution in [-0.4, -0.2) is 22.8 Å². The lowest BCUT2D eigenvalue weighted by Crippen LogP contribution is -2.64. The maximum atomic E-state index is 14.0. The van der Waals surface area contributed by atoms with Gasteiger partial charge >= 0.3 is 23.6 Å². The zero-order valence-electron chi connectivity index (χ0n) is 9.01. The lowest BCUT2D eigenvalue weighted by Gasteiger charge is -2.35. The molecule has 0 aliphatic carbocycles. The molecule has 1 atom stereocenters. The highest BCUT2D eigenvalue weighted by Gasteiger charge is 2.74. The van der Waals surface area contributed by atoms with Crippen LogP contribution in [0.4, 0.5) is 22.0 Å². The minimum Gasteiger partial charge on any atom is -0.477 e. The van der Waals surface area contributed by atoms with Crippen molar-refractivity contribution in [2.24, 2.45) is 0 Å². The molecule has 1 aromatic carbocycles. The molecule has 9 heteroatoms. The van der Waals surface area contributed by atoms with Gasteiger partial charge in [0.2, 0.25) is 0 Å². The molecule has 0 radical (unpaired) electrons. The number of carboxylic acid groups (broad SMARTS) is 1. The van der Waals surface area contributed by atoms with Gasteiger partial charge in [0.05, 0.1) is 0 Å². The molecule has 0 spiro atoms. The van der Waals surface area contributed by atoms with Gasteiger partial charge in [-0.25, -0.2) is 12.7 Å². The van der Waals surface area contributed by atoms with Crippen LogP contribution in [0.25, 0.3) is 0 Å². The van der Waals surface area contributed by atoms with Crippen LogP contribution < -0.4 is 3.53 Å². The summed E-state index contributed by atoms with van der Waals surface area (Å²) in [5, 5.41) is 8.25. The molecular formula is C10H7F5INO2. The molecule has 0 aromatic heterocycles. The van der Waals surface area contributed by atoms with Crippen LogP contribution in [0.15, 0.2) is 30.3 Å². The molecule has 19 heavy (non-hydrogen) atoms. The molecule has 1 aromatic rings. The first-order valence-corrected chi connectivity index (χ1v) is 5.80. The summed E-state index contributed by atoms with van der Waals surface area (Å²) in [6, 6.07) is 4.96. The van der Waals surface area contributed by atoms with Gasteiger partial charge in [-0.15, -0.1) is 0 Å². The van der Waals surface area contributed by atoms with E-state index in [2.05, 4.69) is 0 Å². The smallest absolute Gasteiger partial charge is 0.396 e. The summed E-state index contributed by atoms with van der Waals surface area (Å²) in [7, 11) is 0. The Bertz CT molecular complexity index is 470. The van der Waals surface area contributed by atoms with Gasteiger partial charge in [0.15, 0.2) is 0 Å². The third-order valence-electron chi connectivity index (χ3n) is 2.40. The van der Waals surface area contributed by atoms with Crippen LogP contribution >= 0.6 is 22.9 Å². The molecule has 0 bridgehead atoms. The Kier molecular flexibility index (Phi) is 4.40. The molecule has 0 aliphatic heterocycles. The van der Waals surface area contributed by atoms with E-state index in [1.54, 1.807) is 0 Å². The molecule has 0 aliphatic rings. The van der Waals surface area contributed by atoms with Crippen LogP contribution in [-0.2, 0) is 10.7 Å². The van der Waals surface area contributed by atoms with E-state index >= 15 is 0 Å². The molecule has 0 amide bonds. The zero-order valence-corrected chi connectivity index (χ0v) is 11.2. The Morgan fingerprint density at radius 2 is 1.58 bits per heavy atom. The maximum absolute atomic E-state index is 14.0. The highest BCUT2D eigenvalue weighted by molar-refractivity contribution is 14.1. The number of hydrogen-bond donors (Lipinski definition) is 2. The standard InChI is InChI=1S/C10H7F5INO2/c11-8(12,6-4-2-1-3-5-6)10(15,17-16)9(13,14)7(18)19/h1-5,17H,(H,18,19). The molecule has 0 fully saturated rings. The fraction of sp³-hybridized carbons (Fsp3) is 0.300. The fourth-order valence-corrected chi connectivity index (χ4v) is 1.99. The van der Waals surface area contributed by atoms with Gasteiger partial charge in [-0.2, -0.15) is 17.6 Å². The molecule has 1 rings (SSSR count). The van der Waals surface area contributed by atoms with E-state index in [0.29, 0.717) is 0 Å². The third-order valence-corrected chi connectivity index (χ3v) is 3.14. The predicted octanol–water partition coefficient (Wildman–Crippen LogP) is 3.10. The van der Waals surface area contributed by atoms with E-state index in [9.17, 15) is 26.7 Å². The minimum absolute atomic E-state index is 0.722. The summed E-state index contributed by atoms with van der Waals surface area (Å²) in [5.74, 6) is -17.8. The fourth-order valence-electron chi connectivity index (χ4n) is 1.31. The predicted molar refractivity (Wildman–Crippen MR) is 63.9 cm³/mol. The minimum atomic E-state index is -5.33. The average Bonchev–Trinajstić information content (AvgIpc) is 2.38. The number of carboxylic acids is 1. The van der Waals surface area contributed by atoms with Crippen LogP contribution in [0, 0.1) is 0 Å². The number of aliphatic carboxylic acids is 1. The van der Waals surface area contributed by atoms with Crippen LogP contribution in [0.5, 0.6) is 0 Å². The Morgan fingerprint density at radius 1 is 1.11 bits per heavy atom. The van der Waals surface area contributed by atoms with Crippen LogP contribution in [0.2, 0.25) is 0 Å². The first kappa shape index (κ1) is 16.1. The van der Waals surface area contributed by atoms with Crippen molar-refractivity contribution in [3.05, 3.63) is 35.9 Å². The number of hydrogen-bond acceptors (Lipinski definition) is 2. The summed E-state index contributed by atoms with van der Waals surface area (Å²) in [6.45, 7) is 0. The molecule has 0 saturated carbocycles. The molecule has 1 unspecified atom stereocenters. The van der Waals surface area contributed by atoms with E-state index < -0.39 is 29.2 Å². The number of alkyl halides is 5. The van der Waals surface area contributed by atoms with Gasteiger partial charge in [0, 0.05) is 28.4 Å². The van der Waals surface area contributed by atoms with Gasteiger partial charge in [0.25, 0.3) is 0 Å². The third kappa shape index (κ3) is 2.40. The highest BCUT2D eigenvalue weighted by Crippen LogP contribution is 2.49. The highest BCUT2D eigenvalue weighted by atomic mass is 127. The van der Waals surface area contributed by atoms with Crippen LogP contribution in [0.3, 0.4) is 0 Å². The second-order valence-electron chi connectivity index (χ2n) is 3.57. The quantitative estimate of drug-likeness (QED) is 0.349. The lowest BCUT2D eigenvalue weighted by atomic mass is 9.94.